The number of carbonyl (C=O) groups excluding carboxylic acids is 1. The van der Waals surface area contributed by atoms with Crippen molar-refractivity contribution in [3.8, 4) is 0 Å². The van der Waals surface area contributed by atoms with E-state index in [0.29, 0.717) is 11.4 Å². The molecule has 0 aromatic heterocycles. The van der Waals surface area contributed by atoms with Crippen molar-refractivity contribution in [2.24, 2.45) is 0 Å². The van der Waals surface area contributed by atoms with Gasteiger partial charge in [0.05, 0.1) is 24.7 Å². The van der Waals surface area contributed by atoms with E-state index in [1.165, 1.54) is 0 Å². The molecule has 0 aliphatic heterocycles. The fourth-order valence-electron chi connectivity index (χ4n) is 3.68. The summed E-state index contributed by atoms with van der Waals surface area (Å²) >= 11 is 6.24. The van der Waals surface area contributed by atoms with Gasteiger partial charge in [-0.3, -0.25) is 4.79 Å². The molecule has 0 aliphatic rings. The van der Waals surface area contributed by atoms with E-state index in [-0.39, 0.29) is 24.9 Å². The van der Waals surface area contributed by atoms with Crippen LogP contribution in [0.5, 0.6) is 0 Å². The van der Waals surface area contributed by atoms with Gasteiger partial charge in [0, 0.05) is 5.02 Å². The Morgan fingerprint density at radius 1 is 1.14 bits per heavy atom. The van der Waals surface area contributed by atoms with Gasteiger partial charge in [-0.25, -0.2) is 0 Å². The van der Waals surface area contributed by atoms with Crippen LogP contribution in [0.15, 0.2) is 36.4 Å². The van der Waals surface area contributed by atoms with E-state index in [2.05, 4.69) is 19.2 Å². The maximum Gasteiger partial charge on any atom is 0.224 e. The molecular weight excluding hydrogens is 386 g/mol. The van der Waals surface area contributed by atoms with Crippen LogP contribution in [0.25, 0.3) is 0 Å². The number of amides is 1. The summed E-state index contributed by atoms with van der Waals surface area (Å²) in [6.07, 6.45) is 0.601. The van der Waals surface area contributed by atoms with Gasteiger partial charge >= 0.3 is 0 Å². The minimum Gasteiger partial charge on any atom is -0.394 e. The summed E-state index contributed by atoms with van der Waals surface area (Å²) in [6.45, 7) is 9.43. The largest absolute Gasteiger partial charge is 0.394 e. The van der Waals surface area contributed by atoms with Crippen LogP contribution in [0.4, 0.5) is 0 Å². The number of nitrogens with one attached hydrogen (secondary N) is 1. The summed E-state index contributed by atoms with van der Waals surface area (Å²) in [4.78, 5) is 12.6. The van der Waals surface area contributed by atoms with Crippen LogP contribution in [0.3, 0.4) is 0 Å². The van der Waals surface area contributed by atoms with Crippen molar-refractivity contribution in [2.45, 2.75) is 65.0 Å². The van der Waals surface area contributed by atoms with Crippen LogP contribution in [-0.2, 0) is 23.2 Å². The summed E-state index contributed by atoms with van der Waals surface area (Å²) < 4.78 is 0. The molecule has 0 spiro atoms. The van der Waals surface area contributed by atoms with Crippen LogP contribution in [-0.4, -0.2) is 28.8 Å². The minimum atomic E-state index is -1.01. The molecule has 3 N–H and O–H groups in total. The number of hydrogen-bond acceptors (Lipinski definition) is 3. The highest BCUT2D eigenvalue weighted by molar-refractivity contribution is 6.31. The molecule has 1 atom stereocenters. The first-order valence-corrected chi connectivity index (χ1v) is 10.4. The van der Waals surface area contributed by atoms with Crippen molar-refractivity contribution < 1.29 is 15.0 Å². The van der Waals surface area contributed by atoms with Crippen molar-refractivity contribution in [1.82, 2.24) is 5.32 Å². The first kappa shape index (κ1) is 23.4. The molecular formula is C24H32ClNO3. The molecule has 0 saturated heterocycles. The van der Waals surface area contributed by atoms with Gasteiger partial charge in [0.2, 0.25) is 5.91 Å². The number of hydrogen-bond donors (Lipinski definition) is 3. The first-order valence-electron chi connectivity index (χ1n) is 10.0. The first-order chi connectivity index (χ1) is 13.5. The number of aryl methyl sites for hydroxylation is 1. The monoisotopic (exact) mass is 417 g/mol. The van der Waals surface area contributed by atoms with Gasteiger partial charge in [0.1, 0.15) is 0 Å². The Kier molecular flexibility index (Phi) is 7.87. The van der Waals surface area contributed by atoms with Crippen molar-refractivity contribution in [2.75, 3.05) is 6.61 Å². The molecule has 2 aromatic rings. The predicted octanol–water partition coefficient (Wildman–Crippen LogP) is 4.26. The van der Waals surface area contributed by atoms with Crippen LogP contribution in [0.1, 0.15) is 61.4 Å². The molecule has 29 heavy (non-hydrogen) atoms. The fraction of sp³-hybridized carbons (Fsp3) is 0.458. The number of carbonyl (C=O) groups is 1. The molecule has 0 fully saturated rings. The van der Waals surface area contributed by atoms with Gasteiger partial charge in [-0.15, -0.1) is 0 Å². The molecule has 2 aromatic carbocycles. The van der Waals surface area contributed by atoms with Gasteiger partial charge in [0.25, 0.3) is 0 Å². The molecule has 158 valence electrons. The topological polar surface area (TPSA) is 69.6 Å². The van der Waals surface area contributed by atoms with Gasteiger partial charge in [-0.1, -0.05) is 55.8 Å². The second-order valence-corrected chi connectivity index (χ2v) is 8.86. The number of aliphatic hydroxyl groups excluding tert-OH is 1. The maximum atomic E-state index is 12.6. The molecule has 0 bridgehead atoms. The lowest BCUT2D eigenvalue weighted by Gasteiger charge is -2.27. The Labute approximate surface area is 178 Å². The Balaban J connectivity index is 2.25. The Bertz CT molecular complexity index is 835. The van der Waals surface area contributed by atoms with Crippen molar-refractivity contribution in [3.05, 3.63) is 69.2 Å². The lowest BCUT2D eigenvalue weighted by atomic mass is 9.84. The Hall–Kier alpha value is -1.88. The molecule has 1 amide bonds. The summed E-state index contributed by atoms with van der Waals surface area (Å²) in [6, 6.07) is 11.0. The van der Waals surface area contributed by atoms with Crippen LogP contribution in [0, 0.1) is 6.92 Å². The highest BCUT2D eigenvalue weighted by atomic mass is 35.5. The highest BCUT2D eigenvalue weighted by Crippen LogP contribution is 2.31. The van der Waals surface area contributed by atoms with Gasteiger partial charge in [0.15, 0.2) is 0 Å². The SMILES string of the molecule is Cc1cccc(Cl)c1CC(=O)NC(CO)Cc1c(C(C)C)cccc1C(C)(C)O. The van der Waals surface area contributed by atoms with E-state index in [9.17, 15) is 15.0 Å². The molecule has 0 radical (unpaired) electrons. The zero-order chi connectivity index (χ0) is 21.8. The summed E-state index contributed by atoms with van der Waals surface area (Å²) in [5, 5.41) is 24.1. The average Bonchev–Trinajstić information content (AvgIpc) is 2.63. The average molecular weight is 418 g/mol. The van der Waals surface area contributed by atoms with E-state index >= 15 is 0 Å². The third-order valence-electron chi connectivity index (χ3n) is 5.22. The van der Waals surface area contributed by atoms with Crippen LogP contribution >= 0.6 is 11.6 Å². The van der Waals surface area contributed by atoms with Crippen molar-refractivity contribution >= 4 is 17.5 Å². The third-order valence-corrected chi connectivity index (χ3v) is 5.57. The summed E-state index contributed by atoms with van der Waals surface area (Å²) in [5.41, 5.74) is 3.64. The maximum absolute atomic E-state index is 12.6. The van der Waals surface area contributed by atoms with E-state index in [4.69, 9.17) is 11.6 Å². The lowest BCUT2D eigenvalue weighted by Crippen LogP contribution is -2.40. The minimum absolute atomic E-state index is 0.159. The quantitative estimate of drug-likeness (QED) is 0.601. The van der Waals surface area contributed by atoms with Crippen molar-refractivity contribution in [3.63, 3.8) is 0 Å². The van der Waals surface area contributed by atoms with Gasteiger partial charge in [-0.2, -0.15) is 0 Å². The summed E-state index contributed by atoms with van der Waals surface area (Å²) in [7, 11) is 0. The van der Waals surface area contributed by atoms with E-state index in [0.717, 1.165) is 27.8 Å². The standard InChI is InChI=1S/C24H32ClNO3/c1-15(2)18-9-7-10-21(24(4,5)29)20(18)12-17(14-27)26-23(28)13-19-16(3)8-6-11-22(19)25/h6-11,15,17,27,29H,12-14H2,1-5H3,(H,26,28). The second kappa shape index (κ2) is 9.75. The van der Waals surface area contributed by atoms with E-state index in [1.54, 1.807) is 19.9 Å². The fourth-order valence-corrected chi connectivity index (χ4v) is 3.97. The normalized spacial score (nSPS) is 12.9. The zero-order valence-corrected chi connectivity index (χ0v) is 18.7. The van der Waals surface area contributed by atoms with Gasteiger partial charge in [-0.05, 0) is 67.0 Å². The summed E-state index contributed by atoms with van der Waals surface area (Å²) in [5.74, 6) is 0.0696. The molecule has 4 nitrogen and oxygen atoms in total. The number of halogens is 1. The van der Waals surface area contributed by atoms with E-state index in [1.807, 2.05) is 37.3 Å². The number of rotatable bonds is 8. The van der Waals surface area contributed by atoms with Crippen molar-refractivity contribution in [1.29, 1.82) is 0 Å². The molecule has 0 aliphatic carbocycles. The predicted molar refractivity (Wildman–Crippen MR) is 118 cm³/mol. The molecule has 2 rings (SSSR count). The third kappa shape index (κ3) is 6.05. The molecule has 5 heteroatoms. The zero-order valence-electron chi connectivity index (χ0n) is 17.9. The van der Waals surface area contributed by atoms with Gasteiger partial charge < -0.3 is 15.5 Å². The van der Waals surface area contributed by atoms with Crippen LogP contribution in [0.2, 0.25) is 5.02 Å². The lowest BCUT2D eigenvalue weighted by molar-refractivity contribution is -0.121. The molecule has 0 saturated carbocycles. The highest BCUT2D eigenvalue weighted by Gasteiger charge is 2.25. The molecule has 1 unspecified atom stereocenters. The molecule has 0 heterocycles. The Morgan fingerprint density at radius 3 is 2.34 bits per heavy atom. The number of benzene rings is 2. The van der Waals surface area contributed by atoms with E-state index < -0.39 is 11.6 Å². The Morgan fingerprint density at radius 2 is 1.79 bits per heavy atom. The van der Waals surface area contributed by atoms with Crippen LogP contribution < -0.4 is 5.32 Å². The smallest absolute Gasteiger partial charge is 0.224 e. The number of aliphatic hydroxyl groups is 2. The second-order valence-electron chi connectivity index (χ2n) is 8.45.